The number of rotatable bonds is 5. The lowest BCUT2D eigenvalue weighted by Gasteiger charge is -2.11. The summed E-state index contributed by atoms with van der Waals surface area (Å²) in [4.78, 5) is 24.6. The first kappa shape index (κ1) is 18.1. The highest BCUT2D eigenvalue weighted by atomic mass is 79.9. The topological polar surface area (TPSA) is 97.6 Å². The van der Waals surface area contributed by atoms with Crippen LogP contribution in [0.4, 0.5) is 14.2 Å². The Morgan fingerprint density at radius 3 is 2.75 bits per heavy atom. The minimum Gasteiger partial charge on any atom is -0.471 e. The van der Waals surface area contributed by atoms with Crippen LogP contribution in [0.15, 0.2) is 22.7 Å². The fourth-order valence-corrected chi connectivity index (χ4v) is 2.73. The predicted molar refractivity (Wildman–Crippen MR) is 91.8 cm³/mol. The zero-order valence-electron chi connectivity index (χ0n) is 12.8. The van der Waals surface area contributed by atoms with E-state index in [1.807, 2.05) is 0 Å². The molecule has 0 aliphatic rings. The molecule has 2 rings (SSSR count). The molecule has 0 aliphatic carbocycles. The van der Waals surface area contributed by atoms with Crippen LogP contribution in [0.3, 0.4) is 0 Å². The lowest BCUT2D eigenvalue weighted by molar-refractivity contribution is 0.0996. The molecule has 0 saturated heterocycles. The van der Waals surface area contributed by atoms with Crippen LogP contribution in [0.2, 0.25) is 0 Å². The number of hydrogen-bond acceptors (Lipinski definition) is 5. The normalized spacial score (nSPS) is 10.3. The molecule has 0 saturated carbocycles. The van der Waals surface area contributed by atoms with Crippen LogP contribution >= 0.6 is 27.5 Å². The van der Waals surface area contributed by atoms with Gasteiger partial charge in [0.05, 0.1) is 0 Å². The molecule has 0 fully saturated rings. The summed E-state index contributed by atoms with van der Waals surface area (Å²) in [7, 11) is 3.10. The second-order valence-corrected chi connectivity index (χ2v) is 6.59. The fraction of sp³-hybridized carbons (Fsp3) is 0.214. The summed E-state index contributed by atoms with van der Waals surface area (Å²) in [6.45, 7) is -0.135. The van der Waals surface area contributed by atoms with Crippen molar-refractivity contribution in [2.75, 3.05) is 19.4 Å². The van der Waals surface area contributed by atoms with Gasteiger partial charge in [-0.3, -0.25) is 10.1 Å². The Hall–Kier alpha value is -2.20. The Morgan fingerprint density at radius 1 is 1.46 bits per heavy atom. The Balaban J connectivity index is 2.19. The third kappa shape index (κ3) is 4.20. The molecule has 1 heterocycles. The zero-order valence-corrected chi connectivity index (χ0v) is 15.2. The number of nitrogens with zero attached hydrogens (tertiary/aromatic N) is 2. The van der Waals surface area contributed by atoms with Crippen LogP contribution in [0.25, 0.3) is 0 Å². The molecule has 0 atom stereocenters. The average Bonchev–Trinajstić information content (AvgIpc) is 2.89. The molecule has 7 nitrogen and oxygen atoms in total. The number of anilines is 1. The van der Waals surface area contributed by atoms with Crippen molar-refractivity contribution in [3.63, 3.8) is 0 Å². The zero-order chi connectivity index (χ0) is 17.9. The quantitative estimate of drug-likeness (QED) is 0.782. The molecular weight excluding hydrogens is 403 g/mol. The van der Waals surface area contributed by atoms with Gasteiger partial charge in [-0.2, -0.15) is 4.37 Å². The molecule has 0 aliphatic heterocycles. The van der Waals surface area contributed by atoms with E-state index in [1.54, 1.807) is 26.2 Å². The number of urea groups is 1. The molecule has 0 spiro atoms. The molecule has 3 amide bonds. The third-order valence-corrected chi connectivity index (χ3v) is 4.15. The molecule has 0 bridgehead atoms. The van der Waals surface area contributed by atoms with Gasteiger partial charge >= 0.3 is 6.03 Å². The number of nitrogens with two attached hydrogens (primary N) is 1. The van der Waals surface area contributed by atoms with E-state index in [0.29, 0.717) is 10.0 Å². The maximum absolute atomic E-state index is 13.8. The highest BCUT2D eigenvalue weighted by molar-refractivity contribution is 9.10. The fourth-order valence-electron chi connectivity index (χ4n) is 1.67. The minimum atomic E-state index is -0.802. The Labute approximate surface area is 149 Å². The maximum Gasteiger partial charge on any atom is 0.321 e. The summed E-state index contributed by atoms with van der Waals surface area (Å²) < 4.78 is 23.8. The van der Waals surface area contributed by atoms with E-state index in [9.17, 15) is 14.0 Å². The van der Waals surface area contributed by atoms with Crippen molar-refractivity contribution in [1.29, 1.82) is 0 Å². The van der Waals surface area contributed by atoms with Gasteiger partial charge in [0.25, 0.3) is 5.91 Å². The molecule has 0 unspecified atom stereocenters. The molecule has 2 aromatic rings. The molecule has 1 aromatic heterocycles. The molecule has 3 N–H and O–H groups in total. The number of halogens is 2. The van der Waals surface area contributed by atoms with Gasteiger partial charge < -0.3 is 15.4 Å². The van der Waals surface area contributed by atoms with Crippen LogP contribution < -0.4 is 15.8 Å². The lowest BCUT2D eigenvalue weighted by Crippen LogP contribution is -2.28. The number of amides is 3. The number of benzene rings is 1. The van der Waals surface area contributed by atoms with E-state index in [0.717, 1.165) is 11.5 Å². The van der Waals surface area contributed by atoms with E-state index in [4.69, 9.17) is 10.5 Å². The van der Waals surface area contributed by atoms with E-state index in [1.165, 1.54) is 11.0 Å². The van der Waals surface area contributed by atoms with Crippen molar-refractivity contribution < 1.29 is 18.7 Å². The highest BCUT2D eigenvalue weighted by Crippen LogP contribution is 2.31. The van der Waals surface area contributed by atoms with Crippen LogP contribution in [-0.2, 0) is 6.61 Å². The summed E-state index contributed by atoms with van der Waals surface area (Å²) in [5.74, 6) is -1.31. The molecule has 10 heteroatoms. The Bertz CT molecular complexity index is 781. The van der Waals surface area contributed by atoms with E-state index < -0.39 is 17.8 Å². The number of aromatic nitrogens is 1. The van der Waals surface area contributed by atoms with Gasteiger partial charge in [-0.1, -0.05) is 22.0 Å². The van der Waals surface area contributed by atoms with Crippen LogP contribution in [0, 0.1) is 5.82 Å². The van der Waals surface area contributed by atoms with Crippen LogP contribution in [0.5, 0.6) is 5.88 Å². The van der Waals surface area contributed by atoms with E-state index in [-0.39, 0.29) is 23.1 Å². The van der Waals surface area contributed by atoms with Crippen molar-refractivity contribution in [2.45, 2.75) is 6.61 Å². The van der Waals surface area contributed by atoms with Gasteiger partial charge in [0.2, 0.25) is 5.88 Å². The molecule has 128 valence electrons. The monoisotopic (exact) mass is 416 g/mol. The van der Waals surface area contributed by atoms with Crippen molar-refractivity contribution in [3.05, 3.63) is 39.6 Å². The lowest BCUT2D eigenvalue weighted by atomic mass is 10.2. The number of primary amides is 1. The molecule has 0 radical (unpaired) electrons. The largest absolute Gasteiger partial charge is 0.471 e. The van der Waals surface area contributed by atoms with Crippen molar-refractivity contribution in [3.8, 4) is 5.88 Å². The minimum absolute atomic E-state index is 0.0484. The summed E-state index contributed by atoms with van der Waals surface area (Å²) >= 11 is 4.02. The van der Waals surface area contributed by atoms with Crippen LogP contribution in [-0.4, -0.2) is 35.3 Å². The number of carbonyl (C=O) groups excluding carboxylic acids is 2. The maximum atomic E-state index is 13.8. The number of hydrogen-bond donors (Lipinski definition) is 2. The molecular formula is C14H14BrFN4O3S. The van der Waals surface area contributed by atoms with Gasteiger partial charge in [0.1, 0.15) is 23.0 Å². The van der Waals surface area contributed by atoms with Gasteiger partial charge in [-0.05, 0) is 23.7 Å². The van der Waals surface area contributed by atoms with E-state index in [2.05, 4.69) is 25.6 Å². The second-order valence-electron chi connectivity index (χ2n) is 4.91. The van der Waals surface area contributed by atoms with Crippen molar-refractivity contribution in [2.24, 2.45) is 5.73 Å². The average molecular weight is 417 g/mol. The highest BCUT2D eigenvalue weighted by Gasteiger charge is 2.22. The third-order valence-electron chi connectivity index (χ3n) is 2.91. The first-order chi connectivity index (χ1) is 11.3. The number of ether oxygens (including phenoxy) is 1. The van der Waals surface area contributed by atoms with Gasteiger partial charge in [-0.15, -0.1) is 0 Å². The Kier molecular flexibility index (Phi) is 5.73. The summed E-state index contributed by atoms with van der Waals surface area (Å²) in [5, 5.41) is 2.68. The number of nitrogens with one attached hydrogen (secondary N) is 1. The molecule has 24 heavy (non-hydrogen) atoms. The standard InChI is InChI=1S/C14H14BrFN4O3S/c1-20(2)14(22)18-13-10(11(17)21)12(19-24-13)23-6-7-3-4-8(15)5-9(7)16/h3-5H,6H2,1-2H3,(H2,17,21)(H,18,22). The number of carbonyl (C=O) groups is 2. The summed E-state index contributed by atoms with van der Waals surface area (Å²) in [5.41, 5.74) is 5.58. The van der Waals surface area contributed by atoms with Gasteiger partial charge in [0.15, 0.2) is 0 Å². The first-order valence-corrected chi connectivity index (χ1v) is 8.20. The van der Waals surface area contributed by atoms with E-state index >= 15 is 0 Å². The van der Waals surface area contributed by atoms with Gasteiger partial charge in [-0.25, -0.2) is 9.18 Å². The first-order valence-electron chi connectivity index (χ1n) is 6.64. The smallest absolute Gasteiger partial charge is 0.321 e. The second kappa shape index (κ2) is 7.58. The SMILES string of the molecule is CN(C)C(=O)Nc1snc(OCc2ccc(Br)cc2F)c1C(N)=O. The Morgan fingerprint density at radius 2 is 2.17 bits per heavy atom. The summed E-state index contributed by atoms with van der Waals surface area (Å²) in [6.07, 6.45) is 0. The predicted octanol–water partition coefficient (Wildman–Crippen LogP) is 2.82. The van der Waals surface area contributed by atoms with Crippen molar-refractivity contribution >= 4 is 44.4 Å². The van der Waals surface area contributed by atoms with Crippen molar-refractivity contribution in [1.82, 2.24) is 9.27 Å². The van der Waals surface area contributed by atoms with Crippen LogP contribution in [0.1, 0.15) is 15.9 Å². The summed E-state index contributed by atoms with van der Waals surface area (Å²) in [6, 6.07) is 4.08. The van der Waals surface area contributed by atoms with Gasteiger partial charge in [0, 0.05) is 24.1 Å². The molecule has 1 aromatic carbocycles.